The number of carbonyl (C=O) groups excluding carboxylic acids is 1. The summed E-state index contributed by atoms with van der Waals surface area (Å²) in [7, 11) is 0. The maximum atomic E-state index is 13.4. The molecule has 0 bridgehead atoms. The van der Waals surface area contributed by atoms with Gasteiger partial charge in [-0.2, -0.15) is 13.2 Å². The zero-order chi connectivity index (χ0) is 14.5. The summed E-state index contributed by atoms with van der Waals surface area (Å²) in [6, 6.07) is 2.37. The Hall–Kier alpha value is -1.85. The molecule has 1 aromatic rings. The van der Waals surface area contributed by atoms with Crippen molar-refractivity contribution in [1.82, 2.24) is 5.32 Å². The Morgan fingerprint density at radius 3 is 2.58 bits per heavy atom. The van der Waals surface area contributed by atoms with E-state index in [4.69, 9.17) is 0 Å². The van der Waals surface area contributed by atoms with Crippen molar-refractivity contribution in [3.8, 4) is 0 Å². The average Bonchev–Trinajstić information content (AvgIpc) is 2.28. The minimum Gasteiger partial charge on any atom is -0.356 e. The Labute approximate surface area is 108 Å². The Morgan fingerprint density at radius 2 is 2.05 bits per heavy atom. The molecule has 2 nitrogen and oxygen atoms in total. The molecular weight excluding hydrogens is 262 g/mol. The fourth-order valence-corrected chi connectivity index (χ4v) is 1.38. The molecular formula is C13H13F4NO. The lowest BCUT2D eigenvalue weighted by atomic mass is 10.1. The van der Waals surface area contributed by atoms with Gasteiger partial charge in [0.1, 0.15) is 5.82 Å². The van der Waals surface area contributed by atoms with Crippen LogP contribution in [0.1, 0.15) is 24.5 Å². The Morgan fingerprint density at radius 1 is 1.37 bits per heavy atom. The molecule has 1 aromatic carbocycles. The molecule has 19 heavy (non-hydrogen) atoms. The van der Waals surface area contributed by atoms with Gasteiger partial charge >= 0.3 is 6.18 Å². The van der Waals surface area contributed by atoms with Crippen molar-refractivity contribution in [3.63, 3.8) is 0 Å². The minimum atomic E-state index is -4.55. The topological polar surface area (TPSA) is 29.1 Å². The fourth-order valence-electron chi connectivity index (χ4n) is 1.38. The van der Waals surface area contributed by atoms with Crippen molar-refractivity contribution < 1.29 is 22.4 Å². The van der Waals surface area contributed by atoms with Gasteiger partial charge in [-0.25, -0.2) is 4.39 Å². The molecule has 1 amide bonds. The van der Waals surface area contributed by atoms with Gasteiger partial charge in [0.05, 0.1) is 5.56 Å². The Kier molecular flexibility index (Phi) is 5.09. The molecule has 0 atom stereocenters. The summed E-state index contributed by atoms with van der Waals surface area (Å²) in [6.45, 7) is 1.77. The second-order valence-corrected chi connectivity index (χ2v) is 3.91. The van der Waals surface area contributed by atoms with Crippen LogP contribution in [0.25, 0.3) is 6.08 Å². The van der Waals surface area contributed by atoms with Crippen molar-refractivity contribution >= 4 is 12.0 Å². The lowest BCUT2D eigenvalue weighted by molar-refractivity contribution is -0.137. The van der Waals surface area contributed by atoms with Crippen LogP contribution in [0.4, 0.5) is 17.6 Å². The van der Waals surface area contributed by atoms with Gasteiger partial charge in [0.15, 0.2) is 0 Å². The highest BCUT2D eigenvalue weighted by molar-refractivity contribution is 5.72. The molecule has 0 heterocycles. The maximum absolute atomic E-state index is 13.4. The van der Waals surface area contributed by atoms with Crippen molar-refractivity contribution in [1.29, 1.82) is 0 Å². The van der Waals surface area contributed by atoms with E-state index in [0.29, 0.717) is 19.0 Å². The third-order valence-corrected chi connectivity index (χ3v) is 2.31. The van der Waals surface area contributed by atoms with E-state index in [9.17, 15) is 22.4 Å². The predicted octanol–water partition coefficient (Wildman–Crippen LogP) is 3.38. The number of hydrogen-bond acceptors (Lipinski definition) is 1. The molecule has 0 aromatic heterocycles. The van der Waals surface area contributed by atoms with Crippen molar-refractivity contribution in [2.75, 3.05) is 6.54 Å². The van der Waals surface area contributed by atoms with Gasteiger partial charge in [-0.05, 0) is 18.6 Å². The molecule has 0 aliphatic carbocycles. The average molecular weight is 275 g/mol. The number of nitrogens with one attached hydrogen (secondary N) is 1. The first-order valence-corrected chi connectivity index (χ1v) is 5.58. The monoisotopic (exact) mass is 275 g/mol. The van der Waals surface area contributed by atoms with E-state index in [-0.39, 0.29) is 11.5 Å². The van der Waals surface area contributed by atoms with Gasteiger partial charge in [-0.3, -0.25) is 4.79 Å². The summed E-state index contributed by atoms with van der Waals surface area (Å²) in [5.74, 6) is -1.10. The van der Waals surface area contributed by atoms with Crippen LogP contribution < -0.4 is 5.32 Å². The second kappa shape index (κ2) is 6.36. The summed E-state index contributed by atoms with van der Waals surface area (Å²) >= 11 is 0. The van der Waals surface area contributed by atoms with Crippen molar-refractivity contribution in [2.24, 2.45) is 0 Å². The number of alkyl halides is 3. The molecule has 0 radical (unpaired) electrons. The number of benzene rings is 1. The zero-order valence-corrected chi connectivity index (χ0v) is 10.2. The first-order valence-electron chi connectivity index (χ1n) is 5.58. The van der Waals surface area contributed by atoms with E-state index in [1.807, 2.05) is 0 Å². The van der Waals surface area contributed by atoms with Crippen molar-refractivity contribution in [3.05, 3.63) is 41.2 Å². The van der Waals surface area contributed by atoms with Crippen LogP contribution in [0, 0.1) is 5.82 Å². The van der Waals surface area contributed by atoms with Crippen LogP contribution in [0.15, 0.2) is 24.3 Å². The van der Waals surface area contributed by atoms with Gasteiger partial charge in [-0.15, -0.1) is 0 Å². The van der Waals surface area contributed by atoms with Crippen molar-refractivity contribution in [2.45, 2.75) is 19.5 Å². The highest BCUT2D eigenvalue weighted by atomic mass is 19.4. The summed E-state index contributed by atoms with van der Waals surface area (Å²) in [6.07, 6.45) is -1.10. The molecule has 0 saturated heterocycles. The van der Waals surface area contributed by atoms with Crippen LogP contribution in [-0.2, 0) is 11.0 Å². The first kappa shape index (κ1) is 15.2. The molecule has 6 heteroatoms. The number of halogens is 4. The van der Waals surface area contributed by atoms with E-state index in [1.165, 1.54) is 13.0 Å². The van der Waals surface area contributed by atoms with E-state index < -0.39 is 17.6 Å². The van der Waals surface area contributed by atoms with E-state index in [1.54, 1.807) is 6.08 Å². The van der Waals surface area contributed by atoms with Gasteiger partial charge in [-0.1, -0.05) is 18.2 Å². The molecule has 1 N–H and O–H groups in total. The van der Waals surface area contributed by atoms with Gasteiger partial charge in [0, 0.05) is 19.0 Å². The van der Waals surface area contributed by atoms with E-state index in [2.05, 4.69) is 5.32 Å². The largest absolute Gasteiger partial charge is 0.416 e. The Balaban J connectivity index is 2.65. The number of hydrogen-bond donors (Lipinski definition) is 1. The SMILES string of the molecule is CC(=O)NCCC=Cc1ccc(C(F)(F)F)cc1F. The number of amides is 1. The highest BCUT2D eigenvalue weighted by Gasteiger charge is 2.30. The van der Waals surface area contributed by atoms with E-state index >= 15 is 0 Å². The van der Waals surface area contributed by atoms with Crippen LogP contribution in [0.5, 0.6) is 0 Å². The third kappa shape index (κ3) is 5.11. The van der Waals surface area contributed by atoms with Gasteiger partial charge in [0.25, 0.3) is 0 Å². The van der Waals surface area contributed by atoms with Crippen LogP contribution in [0.3, 0.4) is 0 Å². The number of carbonyl (C=O) groups is 1. The molecule has 0 unspecified atom stereocenters. The first-order chi connectivity index (χ1) is 8.80. The molecule has 0 saturated carbocycles. The van der Waals surface area contributed by atoms with Crippen LogP contribution in [0.2, 0.25) is 0 Å². The summed E-state index contributed by atoms with van der Waals surface area (Å²) < 4.78 is 50.3. The Bertz CT molecular complexity index is 480. The highest BCUT2D eigenvalue weighted by Crippen LogP contribution is 2.30. The lowest BCUT2D eigenvalue weighted by Gasteiger charge is -2.07. The van der Waals surface area contributed by atoms with Crippen LogP contribution in [-0.4, -0.2) is 12.5 Å². The van der Waals surface area contributed by atoms with Crippen LogP contribution >= 0.6 is 0 Å². The fraction of sp³-hybridized carbons (Fsp3) is 0.308. The lowest BCUT2D eigenvalue weighted by Crippen LogP contribution is -2.20. The predicted molar refractivity (Wildman–Crippen MR) is 63.7 cm³/mol. The van der Waals surface area contributed by atoms with E-state index in [0.717, 1.165) is 12.1 Å². The smallest absolute Gasteiger partial charge is 0.356 e. The molecule has 0 spiro atoms. The third-order valence-electron chi connectivity index (χ3n) is 2.31. The molecule has 0 aliphatic heterocycles. The molecule has 104 valence electrons. The second-order valence-electron chi connectivity index (χ2n) is 3.91. The minimum absolute atomic E-state index is 0.0795. The normalized spacial score (nSPS) is 11.8. The zero-order valence-electron chi connectivity index (χ0n) is 10.2. The van der Waals surface area contributed by atoms with Gasteiger partial charge < -0.3 is 5.32 Å². The summed E-state index contributed by atoms with van der Waals surface area (Å²) in [5.41, 5.74) is -0.934. The maximum Gasteiger partial charge on any atom is 0.416 e. The molecule has 0 fully saturated rings. The standard InChI is InChI=1S/C13H13F4NO/c1-9(19)18-7-3-2-4-10-5-6-11(8-12(10)14)13(15,16)17/h2,4-6,8H,3,7H2,1H3,(H,18,19). The molecule has 1 rings (SSSR count). The molecule has 0 aliphatic rings. The van der Waals surface area contributed by atoms with Gasteiger partial charge in [0.2, 0.25) is 5.91 Å². The quantitative estimate of drug-likeness (QED) is 0.662. The summed E-state index contributed by atoms with van der Waals surface area (Å²) in [5, 5.41) is 2.54. The number of rotatable bonds is 4. The summed E-state index contributed by atoms with van der Waals surface area (Å²) in [4.78, 5) is 10.6.